The molecule has 0 aromatic rings. The van der Waals surface area contributed by atoms with Crippen molar-refractivity contribution in [3.8, 4) is 0 Å². The van der Waals surface area contributed by atoms with Crippen molar-refractivity contribution in [3.63, 3.8) is 0 Å². The van der Waals surface area contributed by atoms with Gasteiger partial charge in [0.05, 0.1) is 13.2 Å². The molecule has 0 aromatic heterocycles. The van der Waals surface area contributed by atoms with Crippen LogP contribution in [0.2, 0.25) is 0 Å². The van der Waals surface area contributed by atoms with Crippen molar-refractivity contribution in [2.45, 2.75) is 97.3 Å². The standard InChI is InChI=1S/C23H47NO2/c1-3-4-5-6-7-8-9-10-11-12-13-16-23(2)17-14-15-18-24(19-21-25)20-22-26/h10-11,23,25-26H,3-9,12-22H2,1-2H3/b11-10-. The van der Waals surface area contributed by atoms with Crippen LogP contribution < -0.4 is 0 Å². The quantitative estimate of drug-likeness (QED) is 0.218. The Hall–Kier alpha value is -0.380. The molecule has 0 aliphatic rings. The molecular weight excluding hydrogens is 322 g/mol. The number of rotatable bonds is 20. The molecule has 26 heavy (non-hydrogen) atoms. The first-order valence-electron chi connectivity index (χ1n) is 11.3. The molecule has 2 N–H and O–H groups in total. The van der Waals surface area contributed by atoms with E-state index in [1.165, 1.54) is 83.5 Å². The molecule has 0 radical (unpaired) electrons. The van der Waals surface area contributed by atoms with Crippen molar-refractivity contribution in [1.82, 2.24) is 4.90 Å². The van der Waals surface area contributed by atoms with E-state index in [4.69, 9.17) is 10.2 Å². The van der Waals surface area contributed by atoms with Gasteiger partial charge in [0, 0.05) is 13.1 Å². The molecule has 0 amide bonds. The van der Waals surface area contributed by atoms with Crippen LogP contribution in [0.1, 0.15) is 97.3 Å². The summed E-state index contributed by atoms with van der Waals surface area (Å²) in [6, 6.07) is 0. The molecule has 3 nitrogen and oxygen atoms in total. The number of aliphatic hydroxyl groups is 2. The van der Waals surface area contributed by atoms with Gasteiger partial charge in [0.15, 0.2) is 0 Å². The third kappa shape index (κ3) is 18.4. The van der Waals surface area contributed by atoms with Crippen molar-refractivity contribution in [2.75, 3.05) is 32.8 Å². The molecule has 0 bridgehead atoms. The first kappa shape index (κ1) is 25.6. The van der Waals surface area contributed by atoms with Crippen LogP contribution in [0.3, 0.4) is 0 Å². The number of allylic oxidation sites excluding steroid dienone is 2. The minimum absolute atomic E-state index is 0.183. The average molecular weight is 370 g/mol. The lowest BCUT2D eigenvalue weighted by Gasteiger charge is -2.20. The largest absolute Gasteiger partial charge is 0.395 e. The Morgan fingerprint density at radius 3 is 1.92 bits per heavy atom. The summed E-state index contributed by atoms with van der Waals surface area (Å²) < 4.78 is 0. The van der Waals surface area contributed by atoms with Gasteiger partial charge in [0.2, 0.25) is 0 Å². The molecule has 0 heterocycles. The molecule has 156 valence electrons. The van der Waals surface area contributed by atoms with Crippen LogP contribution in [0.25, 0.3) is 0 Å². The van der Waals surface area contributed by atoms with Crippen molar-refractivity contribution in [1.29, 1.82) is 0 Å². The normalized spacial score (nSPS) is 13.1. The summed E-state index contributed by atoms with van der Waals surface area (Å²) in [6.07, 6.45) is 22.0. The number of unbranched alkanes of at least 4 members (excludes halogenated alkanes) is 8. The van der Waals surface area contributed by atoms with E-state index in [0.717, 1.165) is 12.5 Å². The average Bonchev–Trinajstić information content (AvgIpc) is 2.63. The maximum absolute atomic E-state index is 9.01. The first-order valence-corrected chi connectivity index (χ1v) is 11.3. The van der Waals surface area contributed by atoms with Gasteiger partial charge in [-0.05, 0) is 44.6 Å². The van der Waals surface area contributed by atoms with Gasteiger partial charge < -0.3 is 10.2 Å². The Kier molecular flexibility index (Phi) is 20.6. The summed E-state index contributed by atoms with van der Waals surface area (Å²) in [5, 5.41) is 18.0. The molecule has 0 rings (SSSR count). The second kappa shape index (κ2) is 20.9. The van der Waals surface area contributed by atoms with Crippen LogP contribution in [-0.2, 0) is 0 Å². The Labute approximate surface area is 163 Å². The highest BCUT2D eigenvalue weighted by atomic mass is 16.3. The second-order valence-electron chi connectivity index (χ2n) is 7.85. The van der Waals surface area contributed by atoms with E-state index in [1.54, 1.807) is 0 Å². The molecule has 0 aliphatic carbocycles. The van der Waals surface area contributed by atoms with Crippen LogP contribution >= 0.6 is 0 Å². The fraction of sp³-hybridized carbons (Fsp3) is 0.913. The summed E-state index contributed by atoms with van der Waals surface area (Å²) in [5.74, 6) is 0.811. The fourth-order valence-corrected chi connectivity index (χ4v) is 3.45. The Bertz CT molecular complexity index is 288. The number of aliphatic hydroxyl groups excluding tert-OH is 2. The molecule has 0 aliphatic heterocycles. The predicted molar refractivity (Wildman–Crippen MR) is 115 cm³/mol. The monoisotopic (exact) mass is 369 g/mol. The van der Waals surface area contributed by atoms with E-state index in [1.807, 2.05) is 0 Å². The molecule has 3 heteroatoms. The molecule has 1 atom stereocenters. The van der Waals surface area contributed by atoms with Crippen LogP contribution in [0, 0.1) is 5.92 Å². The second-order valence-corrected chi connectivity index (χ2v) is 7.85. The first-order chi connectivity index (χ1) is 12.7. The van der Waals surface area contributed by atoms with Crippen molar-refractivity contribution in [3.05, 3.63) is 12.2 Å². The van der Waals surface area contributed by atoms with E-state index in [2.05, 4.69) is 30.9 Å². The van der Waals surface area contributed by atoms with Crippen LogP contribution in [0.5, 0.6) is 0 Å². The molecular formula is C23H47NO2. The zero-order valence-corrected chi connectivity index (χ0v) is 17.8. The van der Waals surface area contributed by atoms with Crippen molar-refractivity contribution in [2.24, 2.45) is 5.92 Å². The minimum atomic E-state index is 0.183. The van der Waals surface area contributed by atoms with Crippen LogP contribution in [0.4, 0.5) is 0 Å². The van der Waals surface area contributed by atoms with Gasteiger partial charge in [-0.3, -0.25) is 4.90 Å². The summed E-state index contributed by atoms with van der Waals surface area (Å²) in [5.41, 5.74) is 0. The van der Waals surface area contributed by atoms with Crippen molar-refractivity contribution >= 4 is 0 Å². The smallest absolute Gasteiger partial charge is 0.0558 e. The lowest BCUT2D eigenvalue weighted by Crippen LogP contribution is -2.30. The molecule has 0 fully saturated rings. The molecule has 0 saturated carbocycles. The molecule has 0 saturated heterocycles. The highest BCUT2D eigenvalue weighted by Crippen LogP contribution is 2.16. The SMILES string of the molecule is CCCCCCCC/C=C\CCCC(C)CCCCN(CCO)CCO. The Morgan fingerprint density at radius 2 is 1.27 bits per heavy atom. The zero-order chi connectivity index (χ0) is 19.3. The third-order valence-corrected chi connectivity index (χ3v) is 5.21. The maximum atomic E-state index is 9.01. The van der Waals surface area contributed by atoms with E-state index < -0.39 is 0 Å². The zero-order valence-electron chi connectivity index (χ0n) is 17.8. The molecule has 0 aromatic carbocycles. The maximum Gasteiger partial charge on any atom is 0.0558 e. The van der Waals surface area contributed by atoms with E-state index in [0.29, 0.717) is 13.1 Å². The van der Waals surface area contributed by atoms with E-state index in [9.17, 15) is 0 Å². The van der Waals surface area contributed by atoms with Gasteiger partial charge in [0.25, 0.3) is 0 Å². The van der Waals surface area contributed by atoms with E-state index in [-0.39, 0.29) is 13.2 Å². The summed E-state index contributed by atoms with van der Waals surface area (Å²) in [7, 11) is 0. The Morgan fingerprint density at radius 1 is 0.692 bits per heavy atom. The van der Waals surface area contributed by atoms with Crippen LogP contribution in [0.15, 0.2) is 12.2 Å². The van der Waals surface area contributed by atoms with Gasteiger partial charge >= 0.3 is 0 Å². The highest BCUT2D eigenvalue weighted by Gasteiger charge is 2.05. The van der Waals surface area contributed by atoms with E-state index >= 15 is 0 Å². The lowest BCUT2D eigenvalue weighted by molar-refractivity contribution is 0.158. The number of hydrogen-bond acceptors (Lipinski definition) is 3. The third-order valence-electron chi connectivity index (χ3n) is 5.21. The summed E-state index contributed by atoms with van der Waals surface area (Å²) in [4.78, 5) is 2.15. The Balaban J connectivity index is 3.42. The summed E-state index contributed by atoms with van der Waals surface area (Å²) >= 11 is 0. The number of hydrogen-bond donors (Lipinski definition) is 2. The van der Waals surface area contributed by atoms with Crippen LogP contribution in [-0.4, -0.2) is 48.0 Å². The van der Waals surface area contributed by atoms with Gasteiger partial charge in [0.1, 0.15) is 0 Å². The fourth-order valence-electron chi connectivity index (χ4n) is 3.45. The van der Waals surface area contributed by atoms with Gasteiger partial charge in [-0.2, -0.15) is 0 Å². The molecule has 1 unspecified atom stereocenters. The summed E-state index contributed by atoms with van der Waals surface area (Å²) in [6.45, 7) is 7.37. The minimum Gasteiger partial charge on any atom is -0.395 e. The van der Waals surface area contributed by atoms with Crippen molar-refractivity contribution < 1.29 is 10.2 Å². The topological polar surface area (TPSA) is 43.7 Å². The van der Waals surface area contributed by atoms with Gasteiger partial charge in [-0.1, -0.05) is 77.4 Å². The van der Waals surface area contributed by atoms with Gasteiger partial charge in [-0.25, -0.2) is 0 Å². The molecule has 0 spiro atoms. The lowest BCUT2D eigenvalue weighted by atomic mass is 9.97. The highest BCUT2D eigenvalue weighted by molar-refractivity contribution is 4.81. The number of nitrogens with zero attached hydrogens (tertiary/aromatic N) is 1. The van der Waals surface area contributed by atoms with Gasteiger partial charge in [-0.15, -0.1) is 0 Å². The predicted octanol–water partition coefficient (Wildman–Crippen LogP) is 5.56.